The Bertz CT molecular complexity index is 856. The van der Waals surface area contributed by atoms with Gasteiger partial charge in [-0.1, -0.05) is 95.5 Å². The van der Waals surface area contributed by atoms with Gasteiger partial charge in [-0.05, 0) is 61.3 Å². The lowest BCUT2D eigenvalue weighted by atomic mass is 10.0. The van der Waals surface area contributed by atoms with E-state index in [0.29, 0.717) is 19.0 Å². The third-order valence-corrected chi connectivity index (χ3v) is 6.94. The Kier molecular flexibility index (Phi) is 12.8. The van der Waals surface area contributed by atoms with Crippen molar-refractivity contribution >= 4 is 0 Å². The lowest BCUT2D eigenvalue weighted by Crippen LogP contribution is -2.39. The van der Waals surface area contributed by atoms with E-state index in [4.69, 9.17) is 0 Å². The predicted octanol–water partition coefficient (Wildman–Crippen LogP) is 7.84. The molecule has 2 unspecified atom stereocenters. The fourth-order valence-electron chi connectivity index (χ4n) is 5.37. The molecule has 1 saturated heterocycles. The van der Waals surface area contributed by atoms with E-state index in [1.807, 2.05) is 39.8 Å². The molecular weight excluding hydrogens is 431 g/mol. The molecule has 0 spiro atoms. The van der Waals surface area contributed by atoms with E-state index >= 15 is 0 Å². The molecule has 1 heterocycles. The van der Waals surface area contributed by atoms with E-state index in [2.05, 4.69) is 65.5 Å². The number of hydrogen-bond acceptors (Lipinski definition) is 2. The van der Waals surface area contributed by atoms with E-state index < -0.39 is 6.17 Å². The van der Waals surface area contributed by atoms with Crippen molar-refractivity contribution in [1.29, 1.82) is 0 Å². The molecule has 0 radical (unpaired) electrons. The highest BCUT2D eigenvalue weighted by Gasteiger charge is 2.34. The average Bonchev–Trinajstić information content (AvgIpc) is 3.49. The maximum Gasteiger partial charge on any atom is 0.114 e. The van der Waals surface area contributed by atoms with Crippen LogP contribution in [0.3, 0.4) is 0 Å². The van der Waals surface area contributed by atoms with E-state index in [0.717, 1.165) is 50.8 Å². The van der Waals surface area contributed by atoms with Crippen molar-refractivity contribution < 1.29 is 4.39 Å². The molecule has 0 amide bonds. The molecule has 2 atom stereocenters. The largest absolute Gasteiger partial charge is 0.368 e. The van der Waals surface area contributed by atoms with Crippen molar-refractivity contribution in [2.45, 2.75) is 84.5 Å². The number of fused-ring (bicyclic) bond motifs is 1. The molecule has 3 aliphatic rings. The van der Waals surface area contributed by atoms with E-state index in [1.54, 1.807) is 6.08 Å². The molecule has 35 heavy (non-hydrogen) atoms. The molecule has 0 bridgehead atoms. The van der Waals surface area contributed by atoms with Crippen molar-refractivity contribution in [3.05, 3.63) is 96.3 Å². The normalized spacial score (nSPS) is 21.7. The standard InChI is InChI=1S/C28H35FN2.2C2H6/c1-3-10-22(4-2)20-30-21-25(29)19-27(30)15-16-31(26-13-6-5-7-14-26)28-17-23-11-8-9-12-24(23)18-28;2*1-2/h3-4,6,8-14,25,27-28H,1-2,5,7,15-21H2;2*1-2H3/b22-10+;;. The first-order valence-corrected chi connectivity index (χ1v) is 13.7. The Morgan fingerprint density at radius 1 is 1.09 bits per heavy atom. The molecule has 0 saturated carbocycles. The van der Waals surface area contributed by atoms with Crippen LogP contribution in [0.2, 0.25) is 0 Å². The van der Waals surface area contributed by atoms with Crippen molar-refractivity contribution in [3.63, 3.8) is 0 Å². The van der Waals surface area contributed by atoms with Crippen molar-refractivity contribution in [2.75, 3.05) is 19.6 Å². The number of halogens is 1. The van der Waals surface area contributed by atoms with Gasteiger partial charge in [0.25, 0.3) is 0 Å². The van der Waals surface area contributed by atoms with E-state index in [-0.39, 0.29) is 6.04 Å². The lowest BCUT2D eigenvalue weighted by molar-refractivity contribution is 0.207. The van der Waals surface area contributed by atoms with Crippen molar-refractivity contribution in [2.24, 2.45) is 0 Å². The Labute approximate surface area is 214 Å². The highest BCUT2D eigenvalue weighted by atomic mass is 19.1. The van der Waals surface area contributed by atoms with Crippen LogP contribution in [0.5, 0.6) is 0 Å². The molecular formula is C32H47FN2. The van der Waals surface area contributed by atoms with Crippen LogP contribution in [0.1, 0.15) is 64.5 Å². The fraction of sp³-hybridized carbons (Fsp3) is 0.500. The summed E-state index contributed by atoms with van der Waals surface area (Å²) >= 11 is 0. The summed E-state index contributed by atoms with van der Waals surface area (Å²) in [5, 5.41) is 0. The summed E-state index contributed by atoms with van der Waals surface area (Å²) in [4.78, 5) is 4.90. The molecule has 2 nitrogen and oxygen atoms in total. The second-order valence-corrected chi connectivity index (χ2v) is 9.02. The monoisotopic (exact) mass is 478 g/mol. The summed E-state index contributed by atoms with van der Waals surface area (Å²) in [5.41, 5.74) is 5.42. The van der Waals surface area contributed by atoms with Crippen LogP contribution in [-0.2, 0) is 12.8 Å². The van der Waals surface area contributed by atoms with Gasteiger partial charge in [-0.3, -0.25) is 4.90 Å². The van der Waals surface area contributed by atoms with Gasteiger partial charge < -0.3 is 4.90 Å². The van der Waals surface area contributed by atoms with Crippen LogP contribution < -0.4 is 0 Å². The predicted molar refractivity (Wildman–Crippen MR) is 151 cm³/mol. The summed E-state index contributed by atoms with van der Waals surface area (Å²) in [6.07, 6.45) is 17.9. The first kappa shape index (κ1) is 28.8. The number of likely N-dealkylation sites (tertiary alicyclic amines) is 1. The zero-order valence-electron chi connectivity index (χ0n) is 22.6. The van der Waals surface area contributed by atoms with Gasteiger partial charge in [0.1, 0.15) is 6.17 Å². The van der Waals surface area contributed by atoms with Crippen molar-refractivity contribution in [1.82, 2.24) is 9.80 Å². The minimum absolute atomic E-state index is 0.266. The molecule has 1 aliphatic heterocycles. The van der Waals surface area contributed by atoms with Gasteiger partial charge in [-0.2, -0.15) is 0 Å². The smallest absolute Gasteiger partial charge is 0.114 e. The summed E-state index contributed by atoms with van der Waals surface area (Å²) in [6.45, 7) is 17.9. The number of allylic oxidation sites excluding steroid dienone is 5. The minimum Gasteiger partial charge on any atom is -0.368 e. The third-order valence-electron chi connectivity index (χ3n) is 6.94. The maximum atomic E-state index is 14.4. The van der Waals surface area contributed by atoms with E-state index in [9.17, 15) is 4.39 Å². The van der Waals surface area contributed by atoms with Gasteiger partial charge >= 0.3 is 0 Å². The Hall–Kier alpha value is -2.39. The number of nitrogens with zero attached hydrogens (tertiary/aromatic N) is 2. The molecule has 0 aromatic heterocycles. The van der Waals surface area contributed by atoms with E-state index in [1.165, 1.54) is 16.8 Å². The quantitative estimate of drug-likeness (QED) is 0.334. The summed E-state index contributed by atoms with van der Waals surface area (Å²) in [7, 11) is 0. The Balaban J connectivity index is 0.00000103. The first-order valence-electron chi connectivity index (χ1n) is 13.7. The zero-order valence-corrected chi connectivity index (χ0v) is 22.6. The topological polar surface area (TPSA) is 6.48 Å². The number of hydrogen-bond donors (Lipinski definition) is 0. The summed E-state index contributed by atoms with van der Waals surface area (Å²) < 4.78 is 14.4. The Morgan fingerprint density at radius 2 is 1.77 bits per heavy atom. The molecule has 2 aliphatic carbocycles. The molecule has 1 fully saturated rings. The lowest BCUT2D eigenvalue weighted by Gasteiger charge is -2.35. The van der Waals surface area contributed by atoms with Gasteiger partial charge in [-0.15, -0.1) is 0 Å². The van der Waals surface area contributed by atoms with Crippen molar-refractivity contribution in [3.8, 4) is 0 Å². The molecule has 1 aromatic carbocycles. The summed E-state index contributed by atoms with van der Waals surface area (Å²) in [6, 6.07) is 9.60. The molecule has 192 valence electrons. The molecule has 0 N–H and O–H groups in total. The number of alkyl halides is 1. The van der Waals surface area contributed by atoms with Crippen LogP contribution in [0, 0.1) is 0 Å². The maximum absolute atomic E-state index is 14.4. The van der Waals surface area contributed by atoms with Crippen LogP contribution in [0.25, 0.3) is 0 Å². The van der Waals surface area contributed by atoms with Crippen LogP contribution >= 0.6 is 0 Å². The number of rotatable bonds is 9. The molecule has 1 aromatic rings. The van der Waals surface area contributed by atoms with Gasteiger partial charge in [0.2, 0.25) is 0 Å². The second-order valence-electron chi connectivity index (χ2n) is 9.02. The second kappa shape index (κ2) is 15.6. The first-order chi connectivity index (χ1) is 17.2. The highest BCUT2D eigenvalue weighted by Crippen LogP contribution is 2.31. The van der Waals surface area contributed by atoms with Gasteiger partial charge in [0, 0.05) is 37.4 Å². The van der Waals surface area contributed by atoms with Gasteiger partial charge in [0.15, 0.2) is 0 Å². The summed E-state index contributed by atoms with van der Waals surface area (Å²) in [5.74, 6) is 0. The average molecular weight is 479 g/mol. The Morgan fingerprint density at radius 3 is 2.34 bits per heavy atom. The van der Waals surface area contributed by atoms with Gasteiger partial charge in [-0.25, -0.2) is 4.39 Å². The molecule has 4 rings (SSSR count). The highest BCUT2D eigenvalue weighted by molar-refractivity contribution is 5.35. The third kappa shape index (κ3) is 8.07. The zero-order chi connectivity index (χ0) is 25.6. The molecule has 3 heteroatoms. The SMILES string of the molecule is C=C/C=C(\C=C)CN1CC(F)CC1CCN(C1=CCCC=C1)C1Cc2ccccc2C1.CC.CC. The number of benzene rings is 1. The van der Waals surface area contributed by atoms with Gasteiger partial charge in [0.05, 0.1) is 0 Å². The van der Waals surface area contributed by atoms with Crippen LogP contribution in [0.15, 0.2) is 85.1 Å². The van der Waals surface area contributed by atoms with Crippen LogP contribution in [0.4, 0.5) is 4.39 Å². The minimum atomic E-state index is -0.738. The fourth-order valence-corrected chi connectivity index (χ4v) is 5.37. The van der Waals surface area contributed by atoms with Crippen LogP contribution in [-0.4, -0.2) is 47.7 Å².